The summed E-state index contributed by atoms with van der Waals surface area (Å²) in [5.41, 5.74) is 0.359. The van der Waals surface area contributed by atoms with Crippen LogP contribution in [0.5, 0.6) is 0 Å². The van der Waals surface area contributed by atoms with Crippen LogP contribution in [-0.4, -0.2) is 47.7 Å². The highest BCUT2D eigenvalue weighted by atomic mass is 35.5. The molecule has 1 atom stereocenters. The second-order valence-electron chi connectivity index (χ2n) is 6.17. The van der Waals surface area contributed by atoms with Gasteiger partial charge in [0, 0.05) is 19.2 Å². The Morgan fingerprint density at radius 1 is 1.38 bits per heavy atom. The quantitative estimate of drug-likeness (QED) is 0.836. The molecule has 138 valence electrons. The first-order valence-corrected chi connectivity index (χ1v) is 8.79. The molecule has 1 aromatic heterocycles. The Balaban J connectivity index is 1.72. The fourth-order valence-electron chi connectivity index (χ4n) is 2.84. The van der Waals surface area contributed by atoms with Gasteiger partial charge in [-0.05, 0) is 31.9 Å². The molecule has 1 unspecified atom stereocenters. The third-order valence-corrected chi connectivity index (χ3v) is 4.40. The zero-order valence-electron chi connectivity index (χ0n) is 14.4. The van der Waals surface area contributed by atoms with E-state index in [-0.39, 0.29) is 24.5 Å². The molecule has 0 saturated carbocycles. The first-order chi connectivity index (χ1) is 12.5. The number of carbonyl (C=O) groups is 2. The summed E-state index contributed by atoms with van der Waals surface area (Å²) in [6.45, 7) is 2.60. The van der Waals surface area contributed by atoms with E-state index in [0.717, 1.165) is 12.8 Å². The lowest BCUT2D eigenvalue weighted by Crippen LogP contribution is -2.42. The summed E-state index contributed by atoms with van der Waals surface area (Å²) in [7, 11) is 0. The molecule has 7 nitrogen and oxygen atoms in total. The number of ether oxygens (including phenoxy) is 1. The fourth-order valence-corrected chi connectivity index (χ4v) is 3.06. The number of nitrogens with zero attached hydrogens (tertiary/aromatic N) is 2. The molecule has 0 spiro atoms. The number of nitrogens with one attached hydrogen (secondary N) is 1. The van der Waals surface area contributed by atoms with Crippen molar-refractivity contribution >= 4 is 29.2 Å². The Labute approximate surface area is 156 Å². The van der Waals surface area contributed by atoms with Crippen LogP contribution >= 0.6 is 11.6 Å². The Bertz CT molecular complexity index is 786. The minimum absolute atomic E-state index is 0.0801. The monoisotopic (exact) mass is 377 g/mol. The lowest BCUT2D eigenvalue weighted by molar-refractivity contribution is -0.117. The number of anilines is 1. The first-order valence-electron chi connectivity index (χ1n) is 8.41. The molecular formula is C18H20ClN3O4. The molecule has 0 aliphatic carbocycles. The van der Waals surface area contributed by atoms with Crippen molar-refractivity contribution in [2.45, 2.75) is 25.9 Å². The zero-order valence-corrected chi connectivity index (χ0v) is 15.2. The number of halogens is 1. The van der Waals surface area contributed by atoms with Crippen molar-refractivity contribution in [1.29, 1.82) is 0 Å². The summed E-state index contributed by atoms with van der Waals surface area (Å²) in [4.78, 5) is 26.7. The van der Waals surface area contributed by atoms with Crippen LogP contribution in [-0.2, 0) is 9.53 Å². The minimum Gasteiger partial charge on any atom is -0.376 e. The van der Waals surface area contributed by atoms with Crippen LogP contribution in [0.15, 0.2) is 34.9 Å². The maximum Gasteiger partial charge on any atom is 0.255 e. The first kappa shape index (κ1) is 18.4. The number of amides is 2. The summed E-state index contributed by atoms with van der Waals surface area (Å²) < 4.78 is 10.5. The molecular weight excluding hydrogens is 358 g/mol. The van der Waals surface area contributed by atoms with Gasteiger partial charge < -0.3 is 19.5 Å². The van der Waals surface area contributed by atoms with Crippen molar-refractivity contribution in [2.75, 3.05) is 25.0 Å². The predicted molar refractivity (Wildman–Crippen MR) is 96.2 cm³/mol. The average molecular weight is 378 g/mol. The SMILES string of the molecule is Cc1cc(NC(=O)CN(CC2CCCO2)C(=O)c2ccccc2Cl)no1. The molecule has 26 heavy (non-hydrogen) atoms. The molecule has 3 rings (SSSR count). The van der Waals surface area contributed by atoms with Gasteiger partial charge in [-0.15, -0.1) is 0 Å². The molecule has 0 radical (unpaired) electrons. The third-order valence-electron chi connectivity index (χ3n) is 4.07. The topological polar surface area (TPSA) is 84.7 Å². The fraction of sp³-hybridized carbons (Fsp3) is 0.389. The number of aryl methyl sites for hydroxylation is 1. The highest BCUT2D eigenvalue weighted by molar-refractivity contribution is 6.33. The van der Waals surface area contributed by atoms with Crippen LogP contribution in [0.3, 0.4) is 0 Å². The van der Waals surface area contributed by atoms with E-state index in [1.807, 2.05) is 0 Å². The molecule has 2 heterocycles. The largest absolute Gasteiger partial charge is 0.376 e. The molecule has 2 amide bonds. The van der Waals surface area contributed by atoms with E-state index in [1.165, 1.54) is 4.90 Å². The number of carbonyl (C=O) groups excluding carboxylic acids is 2. The van der Waals surface area contributed by atoms with E-state index in [1.54, 1.807) is 37.3 Å². The Kier molecular flexibility index (Phi) is 5.90. The van der Waals surface area contributed by atoms with Gasteiger partial charge in [0.25, 0.3) is 5.91 Å². The van der Waals surface area contributed by atoms with E-state index in [9.17, 15) is 9.59 Å². The third kappa shape index (κ3) is 4.62. The van der Waals surface area contributed by atoms with Gasteiger partial charge in [-0.2, -0.15) is 0 Å². The highest BCUT2D eigenvalue weighted by Crippen LogP contribution is 2.20. The average Bonchev–Trinajstić information content (AvgIpc) is 3.26. The van der Waals surface area contributed by atoms with Crippen LogP contribution in [0.2, 0.25) is 5.02 Å². The summed E-state index contributed by atoms with van der Waals surface area (Å²) in [5.74, 6) is 0.229. The van der Waals surface area contributed by atoms with Crippen LogP contribution in [0.1, 0.15) is 29.0 Å². The number of benzene rings is 1. The lowest BCUT2D eigenvalue weighted by atomic mass is 10.1. The molecule has 1 fully saturated rings. The van der Waals surface area contributed by atoms with Gasteiger partial charge in [0.05, 0.1) is 16.7 Å². The summed E-state index contributed by atoms with van der Waals surface area (Å²) in [6.07, 6.45) is 1.73. The molecule has 1 N–H and O–H groups in total. The van der Waals surface area contributed by atoms with E-state index in [4.69, 9.17) is 20.9 Å². The lowest BCUT2D eigenvalue weighted by Gasteiger charge is -2.25. The molecule has 1 saturated heterocycles. The van der Waals surface area contributed by atoms with E-state index >= 15 is 0 Å². The standard InChI is InChI=1S/C18H20ClN3O4/c1-12-9-16(21-26-12)20-17(23)11-22(10-13-5-4-8-25-13)18(24)14-6-2-3-7-15(14)19/h2-3,6-7,9,13H,4-5,8,10-11H2,1H3,(H,20,21,23). The van der Waals surface area contributed by atoms with Gasteiger partial charge in [0.15, 0.2) is 5.82 Å². The van der Waals surface area contributed by atoms with Crippen LogP contribution in [0.4, 0.5) is 5.82 Å². The smallest absolute Gasteiger partial charge is 0.255 e. The van der Waals surface area contributed by atoms with Crippen LogP contribution in [0.25, 0.3) is 0 Å². The molecule has 1 aliphatic heterocycles. The summed E-state index contributed by atoms with van der Waals surface area (Å²) >= 11 is 6.15. The maximum atomic E-state index is 12.9. The Morgan fingerprint density at radius 3 is 2.85 bits per heavy atom. The number of aromatic nitrogens is 1. The molecule has 8 heteroatoms. The Morgan fingerprint density at radius 2 is 2.19 bits per heavy atom. The van der Waals surface area contributed by atoms with Gasteiger partial charge in [0.1, 0.15) is 12.3 Å². The second-order valence-corrected chi connectivity index (χ2v) is 6.58. The molecule has 0 bridgehead atoms. The second kappa shape index (κ2) is 8.33. The van der Waals surface area contributed by atoms with Crippen LogP contribution < -0.4 is 5.32 Å². The number of hydrogen-bond donors (Lipinski definition) is 1. The van der Waals surface area contributed by atoms with Crippen LogP contribution in [0, 0.1) is 6.92 Å². The Hall–Kier alpha value is -2.38. The predicted octanol–water partition coefficient (Wildman–Crippen LogP) is 2.90. The maximum absolute atomic E-state index is 12.9. The number of hydrogen-bond acceptors (Lipinski definition) is 5. The van der Waals surface area contributed by atoms with E-state index < -0.39 is 0 Å². The highest BCUT2D eigenvalue weighted by Gasteiger charge is 2.26. The summed E-state index contributed by atoms with van der Waals surface area (Å²) in [6, 6.07) is 8.40. The van der Waals surface area contributed by atoms with Crippen molar-refractivity contribution in [2.24, 2.45) is 0 Å². The van der Waals surface area contributed by atoms with Crippen molar-refractivity contribution < 1.29 is 18.8 Å². The van der Waals surface area contributed by atoms with Gasteiger partial charge in [-0.1, -0.05) is 28.9 Å². The van der Waals surface area contributed by atoms with E-state index in [0.29, 0.717) is 35.3 Å². The van der Waals surface area contributed by atoms with Crippen molar-refractivity contribution in [3.05, 3.63) is 46.7 Å². The minimum atomic E-state index is -0.364. The van der Waals surface area contributed by atoms with Crippen molar-refractivity contribution in [3.8, 4) is 0 Å². The molecule has 1 aromatic carbocycles. The normalized spacial score (nSPS) is 16.5. The van der Waals surface area contributed by atoms with Crippen molar-refractivity contribution in [1.82, 2.24) is 10.1 Å². The summed E-state index contributed by atoms with van der Waals surface area (Å²) in [5, 5.41) is 6.70. The van der Waals surface area contributed by atoms with E-state index in [2.05, 4.69) is 10.5 Å². The van der Waals surface area contributed by atoms with Gasteiger partial charge in [-0.3, -0.25) is 9.59 Å². The van der Waals surface area contributed by atoms with Gasteiger partial charge >= 0.3 is 0 Å². The van der Waals surface area contributed by atoms with Crippen molar-refractivity contribution in [3.63, 3.8) is 0 Å². The number of rotatable bonds is 6. The molecule has 2 aromatic rings. The van der Waals surface area contributed by atoms with Gasteiger partial charge in [-0.25, -0.2) is 0 Å². The molecule has 1 aliphatic rings. The zero-order chi connectivity index (χ0) is 18.5. The van der Waals surface area contributed by atoms with Gasteiger partial charge in [0.2, 0.25) is 5.91 Å².